The van der Waals surface area contributed by atoms with E-state index in [4.69, 9.17) is 14.0 Å². The van der Waals surface area contributed by atoms with E-state index in [-0.39, 0.29) is 18.4 Å². The van der Waals surface area contributed by atoms with Crippen LogP contribution in [0.4, 0.5) is 0 Å². The van der Waals surface area contributed by atoms with Gasteiger partial charge >= 0.3 is 0 Å². The van der Waals surface area contributed by atoms with E-state index < -0.39 is 0 Å². The second kappa shape index (κ2) is 8.97. The molecule has 5 rings (SSSR count). The van der Waals surface area contributed by atoms with E-state index in [9.17, 15) is 4.79 Å². The van der Waals surface area contributed by atoms with Gasteiger partial charge in [-0.2, -0.15) is 4.98 Å². The molecule has 2 N–H and O–H groups in total. The molecule has 8 nitrogen and oxygen atoms in total. The minimum absolute atomic E-state index is 0.00124. The maximum Gasteiger partial charge on any atom is 0.227 e. The van der Waals surface area contributed by atoms with Gasteiger partial charge in [0.2, 0.25) is 17.6 Å². The molecule has 1 amide bonds. The van der Waals surface area contributed by atoms with Crippen molar-refractivity contribution in [1.82, 2.24) is 20.4 Å². The number of fused-ring (bicyclic) bond motifs is 3. The number of H-pyrrole nitrogens is 1. The molecule has 1 atom stereocenters. The van der Waals surface area contributed by atoms with Crippen LogP contribution < -0.4 is 14.8 Å². The summed E-state index contributed by atoms with van der Waals surface area (Å²) < 4.78 is 16.0. The van der Waals surface area contributed by atoms with E-state index >= 15 is 0 Å². The molecule has 8 heteroatoms. The molecule has 0 bridgehead atoms. The second-order valence-corrected chi connectivity index (χ2v) is 8.16. The topological polar surface area (TPSA) is 102 Å². The van der Waals surface area contributed by atoms with Crippen molar-refractivity contribution in [2.75, 3.05) is 14.2 Å². The monoisotopic (exact) mass is 446 g/mol. The summed E-state index contributed by atoms with van der Waals surface area (Å²) in [4.78, 5) is 20.6. The van der Waals surface area contributed by atoms with Gasteiger partial charge in [0.25, 0.3) is 0 Å². The first-order valence-electron chi connectivity index (χ1n) is 11.1. The van der Waals surface area contributed by atoms with Gasteiger partial charge in [0, 0.05) is 35.0 Å². The van der Waals surface area contributed by atoms with E-state index in [0.29, 0.717) is 29.6 Å². The van der Waals surface area contributed by atoms with Gasteiger partial charge < -0.3 is 24.3 Å². The standard InChI is InChI=1S/C25H26N4O4/c1-31-20-11-10-15(14-21(20)32-2)25-28-23(33-29-25)13-12-22(30)26-19-9-5-7-17-16-6-3-4-8-18(16)27-24(17)19/h3-4,6,8,10-11,14,19,27H,5,7,9,12-13H2,1-2H3,(H,26,30)/t19-/m1/s1. The quantitative estimate of drug-likeness (QED) is 0.437. The lowest BCUT2D eigenvalue weighted by atomic mass is 9.91. The number of ether oxygens (including phenoxy) is 2. The first kappa shape index (κ1) is 21.1. The number of carbonyl (C=O) groups excluding carboxylic acids is 1. The Labute approximate surface area is 191 Å². The molecule has 2 aromatic carbocycles. The van der Waals surface area contributed by atoms with Crippen LogP contribution in [-0.2, 0) is 17.6 Å². The SMILES string of the molecule is COc1ccc(-c2noc(CCC(=O)N[C@@H]3CCCc4c3[nH]c3ccccc43)n2)cc1OC. The lowest BCUT2D eigenvalue weighted by Gasteiger charge is -2.23. The van der Waals surface area contributed by atoms with Crippen LogP contribution in [0.25, 0.3) is 22.3 Å². The zero-order chi connectivity index (χ0) is 22.8. The zero-order valence-corrected chi connectivity index (χ0v) is 18.7. The predicted molar refractivity (Wildman–Crippen MR) is 123 cm³/mol. The number of hydrogen-bond donors (Lipinski definition) is 2. The smallest absolute Gasteiger partial charge is 0.227 e. The van der Waals surface area contributed by atoms with Gasteiger partial charge in [-0.1, -0.05) is 23.4 Å². The highest BCUT2D eigenvalue weighted by atomic mass is 16.5. The summed E-state index contributed by atoms with van der Waals surface area (Å²) in [6.07, 6.45) is 3.67. The predicted octanol–water partition coefficient (Wildman–Crippen LogP) is 4.36. The van der Waals surface area contributed by atoms with Gasteiger partial charge in [-0.25, -0.2) is 0 Å². The number of para-hydroxylation sites is 1. The molecular formula is C25H26N4O4. The van der Waals surface area contributed by atoms with Crippen LogP contribution in [0, 0.1) is 0 Å². The highest BCUT2D eigenvalue weighted by Crippen LogP contribution is 2.35. The number of hydrogen-bond acceptors (Lipinski definition) is 6. The van der Waals surface area contributed by atoms with Gasteiger partial charge in [0.05, 0.1) is 20.3 Å². The molecule has 0 saturated heterocycles. The van der Waals surface area contributed by atoms with Crippen LogP contribution in [0.5, 0.6) is 11.5 Å². The van der Waals surface area contributed by atoms with Gasteiger partial charge in [-0.05, 0) is 49.1 Å². The largest absolute Gasteiger partial charge is 0.493 e. The maximum atomic E-state index is 12.7. The third-order valence-corrected chi connectivity index (χ3v) is 6.13. The van der Waals surface area contributed by atoms with Crippen molar-refractivity contribution in [3.05, 3.63) is 59.6 Å². The molecule has 33 heavy (non-hydrogen) atoms. The highest BCUT2D eigenvalue weighted by molar-refractivity contribution is 5.85. The molecule has 0 unspecified atom stereocenters. The van der Waals surface area contributed by atoms with Crippen molar-refractivity contribution in [2.24, 2.45) is 0 Å². The molecule has 0 aliphatic heterocycles. The first-order chi connectivity index (χ1) is 16.2. The second-order valence-electron chi connectivity index (χ2n) is 8.16. The number of aromatic amines is 1. The van der Waals surface area contributed by atoms with E-state index in [1.54, 1.807) is 26.4 Å². The third-order valence-electron chi connectivity index (χ3n) is 6.13. The Hall–Kier alpha value is -3.81. The lowest BCUT2D eigenvalue weighted by Crippen LogP contribution is -2.31. The summed E-state index contributed by atoms with van der Waals surface area (Å²) in [6.45, 7) is 0. The Bertz CT molecular complexity index is 1290. The Morgan fingerprint density at radius 2 is 2.03 bits per heavy atom. The zero-order valence-electron chi connectivity index (χ0n) is 18.7. The Kier molecular flexibility index (Phi) is 5.73. The fraction of sp³-hybridized carbons (Fsp3) is 0.320. The summed E-state index contributed by atoms with van der Waals surface area (Å²) in [5.41, 5.74) is 4.32. The fourth-order valence-electron chi connectivity index (χ4n) is 4.50. The van der Waals surface area contributed by atoms with E-state index in [1.165, 1.54) is 10.9 Å². The number of aryl methyl sites for hydroxylation is 2. The van der Waals surface area contributed by atoms with Gasteiger partial charge in [0.15, 0.2) is 11.5 Å². The average Bonchev–Trinajstić information content (AvgIpc) is 3.48. The lowest BCUT2D eigenvalue weighted by molar-refractivity contribution is -0.122. The van der Waals surface area contributed by atoms with Crippen molar-refractivity contribution in [1.29, 1.82) is 0 Å². The van der Waals surface area contributed by atoms with Crippen LogP contribution in [-0.4, -0.2) is 35.3 Å². The molecule has 0 radical (unpaired) electrons. The normalized spacial score (nSPS) is 15.3. The number of carbonyl (C=O) groups is 1. The van der Waals surface area contributed by atoms with E-state index in [2.05, 4.69) is 38.6 Å². The molecule has 4 aromatic rings. The summed E-state index contributed by atoms with van der Waals surface area (Å²) >= 11 is 0. The van der Waals surface area contributed by atoms with Crippen LogP contribution in [0.3, 0.4) is 0 Å². The van der Waals surface area contributed by atoms with Crippen molar-refractivity contribution in [3.63, 3.8) is 0 Å². The molecule has 2 heterocycles. The molecule has 170 valence electrons. The Balaban J connectivity index is 1.23. The number of nitrogens with one attached hydrogen (secondary N) is 2. The van der Waals surface area contributed by atoms with Crippen LogP contribution in [0.1, 0.15) is 42.5 Å². The third kappa shape index (κ3) is 4.16. The molecule has 1 aliphatic carbocycles. The van der Waals surface area contributed by atoms with Crippen molar-refractivity contribution in [3.8, 4) is 22.9 Å². The maximum absolute atomic E-state index is 12.7. The minimum Gasteiger partial charge on any atom is -0.493 e. The summed E-state index contributed by atoms with van der Waals surface area (Å²) in [6, 6.07) is 13.7. The van der Waals surface area contributed by atoms with Crippen LogP contribution in [0.2, 0.25) is 0 Å². The van der Waals surface area contributed by atoms with Crippen LogP contribution >= 0.6 is 0 Å². The van der Waals surface area contributed by atoms with Crippen molar-refractivity contribution < 1.29 is 18.8 Å². The average molecular weight is 447 g/mol. The first-order valence-corrected chi connectivity index (χ1v) is 11.1. The summed E-state index contributed by atoms with van der Waals surface area (Å²) in [5.74, 6) is 2.05. The van der Waals surface area contributed by atoms with Crippen LogP contribution in [0.15, 0.2) is 47.0 Å². The van der Waals surface area contributed by atoms with E-state index in [1.807, 2.05) is 12.1 Å². The number of methoxy groups -OCH3 is 2. The Morgan fingerprint density at radius 3 is 2.88 bits per heavy atom. The molecule has 2 aromatic heterocycles. The number of nitrogens with zero attached hydrogens (tertiary/aromatic N) is 2. The molecular weight excluding hydrogens is 420 g/mol. The Morgan fingerprint density at radius 1 is 1.18 bits per heavy atom. The van der Waals surface area contributed by atoms with Gasteiger partial charge in [-0.15, -0.1) is 0 Å². The summed E-state index contributed by atoms with van der Waals surface area (Å²) in [5, 5.41) is 8.48. The molecule has 0 saturated carbocycles. The molecule has 1 aliphatic rings. The highest BCUT2D eigenvalue weighted by Gasteiger charge is 2.25. The number of aromatic nitrogens is 3. The van der Waals surface area contributed by atoms with Crippen molar-refractivity contribution in [2.45, 2.75) is 38.1 Å². The minimum atomic E-state index is -0.0302. The number of rotatable bonds is 7. The fourth-order valence-corrected chi connectivity index (χ4v) is 4.50. The molecule has 0 fully saturated rings. The van der Waals surface area contributed by atoms with Gasteiger partial charge in [-0.3, -0.25) is 4.79 Å². The van der Waals surface area contributed by atoms with Crippen molar-refractivity contribution >= 4 is 16.8 Å². The molecule has 0 spiro atoms. The van der Waals surface area contributed by atoms with E-state index in [0.717, 1.165) is 36.0 Å². The van der Waals surface area contributed by atoms with Gasteiger partial charge in [0.1, 0.15) is 0 Å². The number of benzene rings is 2. The number of amides is 1. The summed E-state index contributed by atoms with van der Waals surface area (Å²) in [7, 11) is 3.16.